The van der Waals surface area contributed by atoms with E-state index in [0.29, 0.717) is 4.90 Å². The lowest BCUT2D eigenvalue weighted by Gasteiger charge is -2.27. The summed E-state index contributed by atoms with van der Waals surface area (Å²) in [6, 6.07) is 3.87. The van der Waals surface area contributed by atoms with Gasteiger partial charge in [-0.3, -0.25) is 4.90 Å². The molecule has 0 aliphatic carbocycles. The van der Waals surface area contributed by atoms with Crippen LogP contribution < -0.4 is 4.90 Å². The maximum absolute atomic E-state index is 12.6. The van der Waals surface area contributed by atoms with Crippen LogP contribution in [-0.4, -0.2) is 36.1 Å². The maximum atomic E-state index is 12.6. The third-order valence-electron chi connectivity index (χ3n) is 2.96. The zero-order valence-electron chi connectivity index (χ0n) is 10.3. The third-order valence-corrected chi connectivity index (χ3v) is 3.27. The van der Waals surface area contributed by atoms with Crippen molar-refractivity contribution in [3.8, 4) is 6.07 Å². The number of aliphatic hydroxyl groups excluding tert-OH is 1. The summed E-state index contributed by atoms with van der Waals surface area (Å²) in [6.45, 7) is -0.600. The first-order valence-corrected chi connectivity index (χ1v) is 6.04. The molecule has 1 aliphatic heterocycles. The molecule has 9 heteroatoms. The highest BCUT2D eigenvalue weighted by molar-refractivity contribution is 6.32. The van der Waals surface area contributed by atoms with Gasteiger partial charge in [-0.25, -0.2) is 4.79 Å². The van der Waals surface area contributed by atoms with Crippen LogP contribution in [0.25, 0.3) is 0 Å². The van der Waals surface area contributed by atoms with Crippen molar-refractivity contribution in [1.29, 1.82) is 5.26 Å². The number of carbonyl (C=O) groups excluding carboxylic acids is 1. The van der Waals surface area contributed by atoms with Crippen molar-refractivity contribution in [3.63, 3.8) is 0 Å². The van der Waals surface area contributed by atoms with Crippen molar-refractivity contribution in [2.75, 3.05) is 11.5 Å². The number of nitriles is 1. The second-order valence-corrected chi connectivity index (χ2v) is 4.68. The van der Waals surface area contributed by atoms with Gasteiger partial charge in [0, 0.05) is 5.69 Å². The van der Waals surface area contributed by atoms with Gasteiger partial charge in [0.25, 0.3) is 0 Å². The Hall–Kier alpha value is -1.98. The number of hydrogen-bond donors (Lipinski definition) is 1. The van der Waals surface area contributed by atoms with Crippen LogP contribution in [0.15, 0.2) is 18.2 Å². The predicted octanol–water partition coefficient (Wildman–Crippen LogP) is 2.46. The number of benzene rings is 1. The molecule has 1 fully saturated rings. The smallest absolute Gasteiger partial charge is 0.416 e. The van der Waals surface area contributed by atoms with E-state index in [2.05, 4.69) is 4.74 Å². The van der Waals surface area contributed by atoms with Crippen LogP contribution in [0.5, 0.6) is 0 Å². The molecule has 1 amide bonds. The number of cyclic esters (lactones) is 1. The number of rotatable bonds is 2. The molecule has 1 N–H and O–H groups in total. The summed E-state index contributed by atoms with van der Waals surface area (Å²) in [5, 5.41) is 18.0. The minimum atomic E-state index is -4.90. The monoisotopic (exact) mass is 320 g/mol. The highest BCUT2D eigenvalue weighted by Crippen LogP contribution is 2.33. The molecule has 21 heavy (non-hydrogen) atoms. The van der Waals surface area contributed by atoms with Crippen LogP contribution >= 0.6 is 11.6 Å². The maximum Gasteiger partial charge on any atom is 0.416 e. The number of ether oxygens (including phenoxy) is 1. The normalized spacial score (nSPS) is 20.1. The minimum Gasteiger partial charge on any atom is -0.447 e. The van der Waals surface area contributed by atoms with Crippen LogP contribution in [0.3, 0.4) is 0 Å². The van der Waals surface area contributed by atoms with Crippen LogP contribution in [0.4, 0.5) is 23.7 Å². The van der Waals surface area contributed by atoms with E-state index in [1.807, 2.05) is 0 Å². The molecule has 2 rings (SSSR count). The van der Waals surface area contributed by atoms with Gasteiger partial charge >= 0.3 is 12.3 Å². The predicted molar refractivity (Wildman–Crippen MR) is 65.8 cm³/mol. The van der Waals surface area contributed by atoms with E-state index in [0.717, 1.165) is 0 Å². The van der Waals surface area contributed by atoms with Gasteiger partial charge in [-0.05, 0) is 18.2 Å². The molecule has 1 aromatic carbocycles. The number of hydrogen-bond acceptors (Lipinski definition) is 4. The Kier molecular flexibility index (Phi) is 3.98. The topological polar surface area (TPSA) is 73.6 Å². The van der Waals surface area contributed by atoms with Crippen LogP contribution in [-0.2, 0) is 4.74 Å². The van der Waals surface area contributed by atoms with Gasteiger partial charge in [0.05, 0.1) is 10.6 Å². The molecule has 1 heterocycles. The number of amides is 1. The summed E-state index contributed by atoms with van der Waals surface area (Å²) in [7, 11) is 0. The summed E-state index contributed by atoms with van der Waals surface area (Å²) >= 11 is 5.79. The summed E-state index contributed by atoms with van der Waals surface area (Å²) in [5.41, 5.74) is 0.121. The van der Waals surface area contributed by atoms with Crippen molar-refractivity contribution < 1.29 is 27.8 Å². The van der Waals surface area contributed by atoms with Crippen molar-refractivity contribution >= 4 is 23.4 Å². The average Bonchev–Trinajstić information content (AvgIpc) is 2.78. The average molecular weight is 321 g/mol. The molecule has 0 spiro atoms. The second kappa shape index (κ2) is 5.42. The van der Waals surface area contributed by atoms with E-state index >= 15 is 0 Å². The van der Waals surface area contributed by atoms with Gasteiger partial charge < -0.3 is 9.84 Å². The molecule has 2 atom stereocenters. The summed E-state index contributed by atoms with van der Waals surface area (Å²) in [6.07, 6.45) is -8.67. The first-order chi connectivity index (χ1) is 9.75. The van der Waals surface area contributed by atoms with Gasteiger partial charge in [-0.2, -0.15) is 18.4 Å². The van der Waals surface area contributed by atoms with Gasteiger partial charge in [0.2, 0.25) is 0 Å². The fourth-order valence-electron chi connectivity index (χ4n) is 1.93. The molecular formula is C12H8ClF3N2O3. The Bertz CT molecular complexity index is 615. The first kappa shape index (κ1) is 15.4. The summed E-state index contributed by atoms with van der Waals surface area (Å²) < 4.78 is 42.4. The molecule has 2 unspecified atom stereocenters. The van der Waals surface area contributed by atoms with Gasteiger partial charge in [0.15, 0.2) is 6.10 Å². The highest BCUT2D eigenvalue weighted by atomic mass is 35.5. The largest absolute Gasteiger partial charge is 0.447 e. The zero-order valence-corrected chi connectivity index (χ0v) is 11.0. The Morgan fingerprint density at radius 1 is 1.52 bits per heavy atom. The number of nitrogens with zero attached hydrogens (tertiary/aromatic N) is 2. The second-order valence-electron chi connectivity index (χ2n) is 4.28. The molecular weight excluding hydrogens is 313 g/mol. The molecule has 0 aromatic heterocycles. The van der Waals surface area contributed by atoms with Crippen LogP contribution in [0.2, 0.25) is 5.02 Å². The van der Waals surface area contributed by atoms with E-state index in [4.69, 9.17) is 16.9 Å². The molecule has 1 aromatic rings. The number of anilines is 1. The number of carbonyl (C=O) groups is 1. The Morgan fingerprint density at radius 3 is 2.71 bits per heavy atom. The van der Waals surface area contributed by atoms with Crippen molar-refractivity contribution in [2.45, 2.75) is 18.3 Å². The number of aliphatic hydroxyl groups is 1. The molecule has 0 radical (unpaired) electrons. The van der Waals surface area contributed by atoms with Crippen LogP contribution in [0, 0.1) is 11.3 Å². The van der Waals surface area contributed by atoms with E-state index in [1.54, 1.807) is 6.07 Å². The summed E-state index contributed by atoms with van der Waals surface area (Å²) in [4.78, 5) is 12.3. The SMILES string of the molecule is N#Cc1ccc(N2C(=O)OCC2C(O)C(F)(F)F)cc1Cl. The highest BCUT2D eigenvalue weighted by Gasteiger charge is 2.50. The summed E-state index contributed by atoms with van der Waals surface area (Å²) in [5.74, 6) is 0. The number of alkyl halides is 3. The van der Waals surface area contributed by atoms with Gasteiger partial charge in [-0.15, -0.1) is 0 Å². The lowest BCUT2D eigenvalue weighted by Crippen LogP contribution is -2.49. The molecule has 1 aliphatic rings. The third kappa shape index (κ3) is 2.89. The molecule has 112 valence electrons. The first-order valence-electron chi connectivity index (χ1n) is 5.66. The lowest BCUT2D eigenvalue weighted by atomic mass is 10.1. The van der Waals surface area contributed by atoms with E-state index in [9.17, 15) is 23.1 Å². The quantitative estimate of drug-likeness (QED) is 0.908. The van der Waals surface area contributed by atoms with Crippen LogP contribution in [0.1, 0.15) is 5.56 Å². The van der Waals surface area contributed by atoms with Gasteiger partial charge in [-0.1, -0.05) is 11.6 Å². The molecule has 0 saturated carbocycles. The molecule has 1 saturated heterocycles. The van der Waals surface area contributed by atoms with E-state index in [1.165, 1.54) is 18.2 Å². The van der Waals surface area contributed by atoms with Crippen molar-refractivity contribution in [2.24, 2.45) is 0 Å². The zero-order chi connectivity index (χ0) is 15.8. The fraction of sp³-hybridized carbons (Fsp3) is 0.333. The van der Waals surface area contributed by atoms with Crippen molar-refractivity contribution in [1.82, 2.24) is 0 Å². The standard InChI is InChI=1S/C12H8ClF3N2O3/c13-8-3-7(2-1-6(8)4-17)18-9(5-21-11(18)20)10(19)12(14,15)16/h1-3,9-10,19H,5H2. The Balaban J connectivity index is 2.38. The number of halogens is 4. The van der Waals surface area contributed by atoms with E-state index in [-0.39, 0.29) is 16.3 Å². The Labute approximate surface area is 122 Å². The fourth-order valence-corrected chi connectivity index (χ4v) is 2.15. The molecule has 5 nitrogen and oxygen atoms in total. The van der Waals surface area contributed by atoms with E-state index < -0.39 is 31.0 Å². The lowest BCUT2D eigenvalue weighted by molar-refractivity contribution is -0.209. The van der Waals surface area contributed by atoms with Crippen molar-refractivity contribution in [3.05, 3.63) is 28.8 Å². The Morgan fingerprint density at radius 2 is 2.19 bits per heavy atom. The molecule has 0 bridgehead atoms. The van der Waals surface area contributed by atoms with Gasteiger partial charge in [0.1, 0.15) is 18.7 Å². The minimum absolute atomic E-state index is 0.00907.